The Morgan fingerprint density at radius 3 is 2.65 bits per heavy atom. The van der Waals surface area contributed by atoms with Crippen LogP contribution < -0.4 is 10.0 Å². The molecule has 1 amide bonds. The lowest BCUT2D eigenvalue weighted by molar-refractivity contribution is 0.0951. The summed E-state index contributed by atoms with van der Waals surface area (Å²) in [5, 5.41) is 2.83. The van der Waals surface area contributed by atoms with Gasteiger partial charge in [0.25, 0.3) is 5.91 Å². The Morgan fingerprint density at radius 1 is 1.35 bits per heavy atom. The van der Waals surface area contributed by atoms with Crippen molar-refractivity contribution in [3.63, 3.8) is 0 Å². The molecule has 0 aromatic heterocycles. The predicted octanol–water partition coefficient (Wildman–Crippen LogP) is 1.51. The highest BCUT2D eigenvalue weighted by molar-refractivity contribution is 7.89. The largest absolute Gasteiger partial charge is 0.352 e. The third-order valence-electron chi connectivity index (χ3n) is 3.05. The Morgan fingerprint density at radius 2 is 2.05 bits per heavy atom. The maximum absolute atomic E-state index is 12.1. The summed E-state index contributed by atoms with van der Waals surface area (Å²) in [5.74, 6) is 0.368. The molecule has 1 fully saturated rings. The fraction of sp³-hybridized carbons (Fsp3) is 0.500. The molecule has 0 saturated heterocycles. The van der Waals surface area contributed by atoms with Gasteiger partial charge in [-0.25, -0.2) is 13.1 Å². The molecule has 0 unspecified atom stereocenters. The lowest BCUT2D eigenvalue weighted by atomic mass is 10.2. The number of amides is 1. The van der Waals surface area contributed by atoms with Crippen molar-refractivity contribution in [3.8, 4) is 0 Å². The molecule has 1 aromatic rings. The van der Waals surface area contributed by atoms with E-state index >= 15 is 0 Å². The van der Waals surface area contributed by atoms with E-state index in [1.807, 2.05) is 0 Å². The van der Waals surface area contributed by atoms with Crippen molar-refractivity contribution in [2.75, 3.05) is 6.54 Å². The summed E-state index contributed by atoms with van der Waals surface area (Å²) in [6.45, 7) is 4.17. The van der Waals surface area contributed by atoms with Crippen molar-refractivity contribution in [2.24, 2.45) is 5.92 Å². The molecule has 1 aromatic carbocycles. The fourth-order valence-electron chi connectivity index (χ4n) is 1.84. The molecule has 5 nitrogen and oxygen atoms in total. The molecule has 1 aliphatic rings. The molecule has 110 valence electrons. The Bertz CT molecular complexity index is 592. The van der Waals surface area contributed by atoms with Crippen LogP contribution in [-0.2, 0) is 10.0 Å². The highest BCUT2D eigenvalue weighted by Crippen LogP contribution is 2.27. The smallest absolute Gasteiger partial charge is 0.251 e. The number of carbonyl (C=O) groups is 1. The highest BCUT2D eigenvalue weighted by Gasteiger charge is 2.22. The Hall–Kier alpha value is -1.40. The van der Waals surface area contributed by atoms with Crippen LogP contribution in [0, 0.1) is 5.92 Å². The second-order valence-corrected chi connectivity index (χ2v) is 7.17. The van der Waals surface area contributed by atoms with Crippen molar-refractivity contribution in [1.82, 2.24) is 10.0 Å². The third-order valence-corrected chi connectivity index (χ3v) is 4.70. The summed E-state index contributed by atoms with van der Waals surface area (Å²) >= 11 is 0. The number of hydrogen-bond acceptors (Lipinski definition) is 3. The number of carbonyl (C=O) groups excluding carboxylic acids is 1. The van der Waals surface area contributed by atoms with E-state index in [-0.39, 0.29) is 16.8 Å². The van der Waals surface area contributed by atoms with Gasteiger partial charge in [-0.05, 0) is 50.8 Å². The highest BCUT2D eigenvalue weighted by atomic mass is 32.2. The van der Waals surface area contributed by atoms with Gasteiger partial charge in [0.1, 0.15) is 0 Å². The van der Waals surface area contributed by atoms with Crippen LogP contribution >= 0.6 is 0 Å². The first kappa shape index (κ1) is 15.0. The standard InChI is InChI=1S/C14H20N2O3S/c1-10(2)16-20(18,19)13-5-3-4-12(8-13)14(17)15-9-11-6-7-11/h3-5,8,10-11,16H,6-7,9H2,1-2H3,(H,15,17). The van der Waals surface area contributed by atoms with E-state index in [0.29, 0.717) is 18.0 Å². The van der Waals surface area contributed by atoms with E-state index in [1.54, 1.807) is 26.0 Å². The lowest BCUT2D eigenvalue weighted by Gasteiger charge is -2.10. The first-order valence-electron chi connectivity index (χ1n) is 6.79. The third kappa shape index (κ3) is 4.05. The normalized spacial score (nSPS) is 15.3. The molecule has 0 atom stereocenters. The second-order valence-electron chi connectivity index (χ2n) is 5.46. The number of benzene rings is 1. The van der Waals surface area contributed by atoms with Gasteiger partial charge in [0.05, 0.1) is 4.90 Å². The minimum atomic E-state index is -3.56. The van der Waals surface area contributed by atoms with Gasteiger partial charge >= 0.3 is 0 Å². The molecule has 1 aliphatic carbocycles. The van der Waals surface area contributed by atoms with Crippen molar-refractivity contribution in [3.05, 3.63) is 29.8 Å². The van der Waals surface area contributed by atoms with E-state index < -0.39 is 10.0 Å². The molecule has 2 N–H and O–H groups in total. The topological polar surface area (TPSA) is 75.3 Å². The van der Waals surface area contributed by atoms with Gasteiger partial charge in [-0.3, -0.25) is 4.79 Å². The van der Waals surface area contributed by atoms with Crippen LogP contribution in [0.3, 0.4) is 0 Å². The quantitative estimate of drug-likeness (QED) is 0.835. The average molecular weight is 296 g/mol. The monoisotopic (exact) mass is 296 g/mol. The first-order chi connectivity index (χ1) is 9.38. The fourth-order valence-corrected chi connectivity index (χ4v) is 3.14. The minimum Gasteiger partial charge on any atom is -0.352 e. The molecular weight excluding hydrogens is 276 g/mol. The number of nitrogens with one attached hydrogen (secondary N) is 2. The van der Waals surface area contributed by atoms with E-state index in [4.69, 9.17) is 0 Å². The second kappa shape index (κ2) is 5.93. The Balaban J connectivity index is 2.12. The zero-order valence-corrected chi connectivity index (χ0v) is 12.5. The number of hydrogen-bond donors (Lipinski definition) is 2. The molecule has 1 saturated carbocycles. The molecule has 0 aliphatic heterocycles. The van der Waals surface area contributed by atoms with Crippen molar-refractivity contribution < 1.29 is 13.2 Å². The van der Waals surface area contributed by atoms with E-state index in [0.717, 1.165) is 12.8 Å². The predicted molar refractivity (Wildman–Crippen MR) is 77.0 cm³/mol. The maximum atomic E-state index is 12.1. The molecule has 0 heterocycles. The van der Waals surface area contributed by atoms with Crippen LogP contribution in [0.4, 0.5) is 0 Å². The number of rotatable bonds is 6. The summed E-state index contributed by atoms with van der Waals surface area (Å²) in [4.78, 5) is 12.1. The average Bonchev–Trinajstić information content (AvgIpc) is 3.18. The van der Waals surface area contributed by atoms with Crippen molar-refractivity contribution >= 4 is 15.9 Å². The maximum Gasteiger partial charge on any atom is 0.251 e. The van der Waals surface area contributed by atoms with E-state index in [2.05, 4.69) is 10.0 Å². The van der Waals surface area contributed by atoms with Crippen LogP contribution in [-0.4, -0.2) is 26.9 Å². The molecule has 20 heavy (non-hydrogen) atoms. The van der Waals surface area contributed by atoms with E-state index in [9.17, 15) is 13.2 Å². The molecular formula is C14H20N2O3S. The van der Waals surface area contributed by atoms with Crippen molar-refractivity contribution in [1.29, 1.82) is 0 Å². The van der Waals surface area contributed by atoms with Crippen LogP contribution in [0.25, 0.3) is 0 Å². The summed E-state index contributed by atoms with van der Waals surface area (Å²) in [6.07, 6.45) is 2.32. The molecule has 2 rings (SSSR count). The summed E-state index contributed by atoms with van der Waals surface area (Å²) in [7, 11) is -3.56. The van der Waals surface area contributed by atoms with Crippen LogP contribution in [0.15, 0.2) is 29.2 Å². The zero-order chi connectivity index (χ0) is 14.8. The summed E-state index contributed by atoms with van der Waals surface area (Å²) in [5.41, 5.74) is 0.372. The van der Waals surface area contributed by atoms with Crippen LogP contribution in [0.5, 0.6) is 0 Å². The molecule has 6 heteroatoms. The molecule has 0 radical (unpaired) electrons. The SMILES string of the molecule is CC(C)NS(=O)(=O)c1cccc(C(=O)NCC2CC2)c1. The van der Waals surface area contributed by atoms with Gasteiger partial charge in [-0.15, -0.1) is 0 Å². The van der Waals surface area contributed by atoms with Gasteiger partial charge in [-0.1, -0.05) is 6.07 Å². The van der Waals surface area contributed by atoms with Crippen LogP contribution in [0.1, 0.15) is 37.0 Å². The first-order valence-corrected chi connectivity index (χ1v) is 8.27. The number of sulfonamides is 1. The van der Waals surface area contributed by atoms with Gasteiger partial charge < -0.3 is 5.32 Å². The summed E-state index contributed by atoms with van der Waals surface area (Å²) in [6, 6.07) is 5.92. The lowest BCUT2D eigenvalue weighted by Crippen LogP contribution is -2.30. The Kier molecular flexibility index (Phi) is 4.45. The minimum absolute atomic E-state index is 0.116. The molecule has 0 spiro atoms. The summed E-state index contributed by atoms with van der Waals surface area (Å²) < 4.78 is 26.6. The van der Waals surface area contributed by atoms with Gasteiger partial charge in [0.2, 0.25) is 10.0 Å². The van der Waals surface area contributed by atoms with Gasteiger partial charge in [0, 0.05) is 18.2 Å². The van der Waals surface area contributed by atoms with Gasteiger partial charge in [0.15, 0.2) is 0 Å². The van der Waals surface area contributed by atoms with Crippen LogP contribution in [0.2, 0.25) is 0 Å². The van der Waals surface area contributed by atoms with Gasteiger partial charge in [-0.2, -0.15) is 0 Å². The Labute approximate surface area is 119 Å². The van der Waals surface area contributed by atoms with E-state index in [1.165, 1.54) is 12.1 Å². The molecule has 0 bridgehead atoms. The van der Waals surface area contributed by atoms with Crippen molar-refractivity contribution in [2.45, 2.75) is 37.6 Å². The zero-order valence-electron chi connectivity index (χ0n) is 11.7.